The summed E-state index contributed by atoms with van der Waals surface area (Å²) < 4.78 is 0. The Morgan fingerprint density at radius 3 is 3.06 bits per heavy atom. The maximum absolute atomic E-state index is 5.81. The van der Waals surface area contributed by atoms with Gasteiger partial charge in [0.15, 0.2) is 5.17 Å². The van der Waals surface area contributed by atoms with E-state index in [4.69, 9.17) is 5.73 Å². The van der Waals surface area contributed by atoms with Crippen LogP contribution in [-0.2, 0) is 5.54 Å². The number of benzene rings is 1. The molecule has 0 amide bonds. The molecule has 0 saturated carbocycles. The standard InChI is InChI=1S/C13H16N2S/c1-3-10-5-4-6-11(9-10)13(2)7-8-16-12(14)15-13/h3-6,9H,1,7-8H2,2H3,(H2,14,15). The van der Waals surface area contributed by atoms with E-state index in [9.17, 15) is 0 Å². The van der Waals surface area contributed by atoms with E-state index in [0.717, 1.165) is 17.7 Å². The van der Waals surface area contributed by atoms with Crippen molar-refractivity contribution < 1.29 is 0 Å². The topological polar surface area (TPSA) is 38.4 Å². The molecular weight excluding hydrogens is 216 g/mol. The summed E-state index contributed by atoms with van der Waals surface area (Å²) in [6, 6.07) is 8.34. The van der Waals surface area contributed by atoms with Crippen LogP contribution in [0.15, 0.2) is 35.8 Å². The molecule has 1 unspecified atom stereocenters. The lowest BCUT2D eigenvalue weighted by molar-refractivity contribution is 0.482. The molecule has 16 heavy (non-hydrogen) atoms. The predicted molar refractivity (Wildman–Crippen MR) is 72.6 cm³/mol. The zero-order valence-electron chi connectivity index (χ0n) is 9.44. The van der Waals surface area contributed by atoms with Crippen molar-refractivity contribution in [1.29, 1.82) is 0 Å². The van der Waals surface area contributed by atoms with E-state index in [2.05, 4.69) is 30.6 Å². The molecule has 0 radical (unpaired) electrons. The molecule has 0 bridgehead atoms. The third kappa shape index (κ3) is 2.14. The van der Waals surface area contributed by atoms with E-state index in [1.54, 1.807) is 11.8 Å². The zero-order valence-corrected chi connectivity index (χ0v) is 10.3. The summed E-state index contributed by atoms with van der Waals surface area (Å²) in [6.07, 6.45) is 2.89. The average molecular weight is 232 g/mol. The molecule has 0 aliphatic carbocycles. The molecule has 1 heterocycles. The van der Waals surface area contributed by atoms with Crippen molar-refractivity contribution >= 4 is 23.0 Å². The van der Waals surface area contributed by atoms with E-state index in [1.165, 1.54) is 5.56 Å². The molecule has 0 fully saturated rings. The number of nitrogens with two attached hydrogens (primary N) is 1. The molecule has 2 nitrogen and oxygen atoms in total. The highest BCUT2D eigenvalue weighted by molar-refractivity contribution is 8.13. The predicted octanol–water partition coefficient (Wildman–Crippen LogP) is 3.00. The fourth-order valence-corrected chi connectivity index (χ4v) is 2.87. The molecular formula is C13H16N2S. The molecule has 1 aliphatic rings. The maximum atomic E-state index is 5.81. The minimum absolute atomic E-state index is 0.172. The second-order valence-corrected chi connectivity index (χ2v) is 5.27. The number of nitrogens with zero attached hydrogens (tertiary/aromatic N) is 1. The summed E-state index contributed by atoms with van der Waals surface area (Å²) >= 11 is 1.63. The van der Waals surface area contributed by atoms with Gasteiger partial charge in [0, 0.05) is 5.75 Å². The number of aliphatic imine (C=N–C) groups is 1. The van der Waals surface area contributed by atoms with E-state index in [1.807, 2.05) is 18.2 Å². The normalized spacial score (nSPS) is 24.9. The van der Waals surface area contributed by atoms with Crippen LogP contribution in [0.25, 0.3) is 6.08 Å². The van der Waals surface area contributed by atoms with Gasteiger partial charge in [-0.05, 0) is 30.5 Å². The third-order valence-electron chi connectivity index (χ3n) is 2.94. The van der Waals surface area contributed by atoms with Crippen molar-refractivity contribution in [2.45, 2.75) is 18.9 Å². The SMILES string of the molecule is C=Cc1cccc(C2(C)CCSC(N)=N2)c1. The first-order valence-corrected chi connectivity index (χ1v) is 6.34. The molecule has 0 aromatic heterocycles. The van der Waals surface area contributed by atoms with Crippen LogP contribution in [0.5, 0.6) is 0 Å². The second kappa shape index (κ2) is 4.34. The Morgan fingerprint density at radius 2 is 2.38 bits per heavy atom. The molecule has 0 spiro atoms. The van der Waals surface area contributed by atoms with Crippen LogP contribution in [-0.4, -0.2) is 10.9 Å². The van der Waals surface area contributed by atoms with Gasteiger partial charge in [0.25, 0.3) is 0 Å². The van der Waals surface area contributed by atoms with Gasteiger partial charge in [0.2, 0.25) is 0 Å². The lowest BCUT2D eigenvalue weighted by atomic mass is 9.89. The molecule has 2 rings (SSSR count). The third-order valence-corrected chi connectivity index (χ3v) is 3.74. The van der Waals surface area contributed by atoms with Gasteiger partial charge in [-0.2, -0.15) is 0 Å². The molecule has 1 aromatic rings. The number of amidine groups is 1. The lowest BCUT2D eigenvalue weighted by Crippen LogP contribution is -2.28. The fraction of sp³-hybridized carbons (Fsp3) is 0.308. The summed E-state index contributed by atoms with van der Waals surface area (Å²) in [5, 5.41) is 0.692. The minimum atomic E-state index is -0.172. The first kappa shape index (κ1) is 11.3. The average Bonchev–Trinajstić information content (AvgIpc) is 2.29. The van der Waals surface area contributed by atoms with Crippen molar-refractivity contribution in [2.75, 3.05) is 5.75 Å². The van der Waals surface area contributed by atoms with E-state index in [0.29, 0.717) is 5.17 Å². The molecule has 1 atom stereocenters. The van der Waals surface area contributed by atoms with Crippen LogP contribution < -0.4 is 5.73 Å². The summed E-state index contributed by atoms with van der Waals surface area (Å²) in [5.41, 5.74) is 7.98. The Morgan fingerprint density at radius 1 is 1.56 bits per heavy atom. The van der Waals surface area contributed by atoms with Crippen LogP contribution >= 0.6 is 11.8 Å². The van der Waals surface area contributed by atoms with Crippen molar-refractivity contribution in [3.8, 4) is 0 Å². The van der Waals surface area contributed by atoms with Gasteiger partial charge >= 0.3 is 0 Å². The van der Waals surface area contributed by atoms with Gasteiger partial charge in [-0.15, -0.1) is 0 Å². The van der Waals surface area contributed by atoms with Crippen LogP contribution in [0, 0.1) is 0 Å². The second-order valence-electron chi connectivity index (χ2n) is 4.15. The molecule has 0 saturated heterocycles. The van der Waals surface area contributed by atoms with Crippen molar-refractivity contribution in [3.63, 3.8) is 0 Å². The zero-order chi connectivity index (χ0) is 11.6. The monoisotopic (exact) mass is 232 g/mol. The van der Waals surface area contributed by atoms with Gasteiger partial charge < -0.3 is 5.73 Å². The Bertz CT molecular complexity index is 439. The van der Waals surface area contributed by atoms with Crippen molar-refractivity contribution in [1.82, 2.24) is 0 Å². The van der Waals surface area contributed by atoms with Gasteiger partial charge in [0.1, 0.15) is 0 Å². The largest absolute Gasteiger partial charge is 0.379 e. The Labute approximate surface area is 101 Å². The van der Waals surface area contributed by atoms with E-state index < -0.39 is 0 Å². The van der Waals surface area contributed by atoms with Gasteiger partial charge in [-0.1, -0.05) is 42.6 Å². The number of thioether (sulfide) groups is 1. The van der Waals surface area contributed by atoms with Gasteiger partial charge in [-0.3, -0.25) is 4.99 Å². The Hall–Kier alpha value is -1.22. The lowest BCUT2D eigenvalue weighted by Gasteiger charge is -2.29. The summed E-state index contributed by atoms with van der Waals surface area (Å²) in [6.45, 7) is 5.93. The summed E-state index contributed by atoms with van der Waals surface area (Å²) in [5.74, 6) is 1.03. The smallest absolute Gasteiger partial charge is 0.154 e. The number of hydrogen-bond acceptors (Lipinski definition) is 3. The molecule has 84 valence electrons. The molecule has 1 aliphatic heterocycles. The van der Waals surface area contributed by atoms with Crippen molar-refractivity contribution in [2.24, 2.45) is 10.7 Å². The highest BCUT2D eigenvalue weighted by Crippen LogP contribution is 2.35. The first-order chi connectivity index (χ1) is 7.64. The highest BCUT2D eigenvalue weighted by Gasteiger charge is 2.29. The maximum Gasteiger partial charge on any atom is 0.154 e. The summed E-state index contributed by atoms with van der Waals surface area (Å²) in [4.78, 5) is 4.58. The van der Waals surface area contributed by atoms with E-state index in [-0.39, 0.29) is 5.54 Å². The molecule has 1 aromatic carbocycles. The number of hydrogen-bond donors (Lipinski definition) is 1. The first-order valence-electron chi connectivity index (χ1n) is 5.35. The fourth-order valence-electron chi connectivity index (χ4n) is 1.90. The Kier molecular flexibility index (Phi) is 3.06. The van der Waals surface area contributed by atoms with Gasteiger partial charge in [-0.25, -0.2) is 0 Å². The summed E-state index contributed by atoms with van der Waals surface area (Å²) in [7, 11) is 0. The van der Waals surface area contributed by atoms with E-state index >= 15 is 0 Å². The van der Waals surface area contributed by atoms with Crippen LogP contribution in [0.2, 0.25) is 0 Å². The molecule has 3 heteroatoms. The van der Waals surface area contributed by atoms with Crippen LogP contribution in [0.3, 0.4) is 0 Å². The quantitative estimate of drug-likeness (QED) is 0.851. The Balaban J connectivity index is 2.42. The highest BCUT2D eigenvalue weighted by atomic mass is 32.2. The van der Waals surface area contributed by atoms with Crippen molar-refractivity contribution in [3.05, 3.63) is 42.0 Å². The molecule has 2 N–H and O–H groups in total. The van der Waals surface area contributed by atoms with Gasteiger partial charge in [0.05, 0.1) is 5.54 Å². The minimum Gasteiger partial charge on any atom is -0.379 e. The van der Waals surface area contributed by atoms with Crippen LogP contribution in [0.1, 0.15) is 24.5 Å². The van der Waals surface area contributed by atoms with Crippen LogP contribution in [0.4, 0.5) is 0 Å². The number of rotatable bonds is 2.